The molecule has 0 aliphatic carbocycles. The highest BCUT2D eigenvalue weighted by atomic mass is 32.1. The largest absolute Gasteiger partial charge is 0.332 e. The summed E-state index contributed by atoms with van der Waals surface area (Å²) < 4.78 is 1.00. The first kappa shape index (κ1) is 12.2. The zero-order valence-electron chi connectivity index (χ0n) is 10.8. The first-order valence-corrected chi connectivity index (χ1v) is 7.19. The molecule has 8 heteroatoms. The van der Waals surface area contributed by atoms with Crippen LogP contribution in [0.3, 0.4) is 0 Å². The van der Waals surface area contributed by atoms with Gasteiger partial charge in [0.15, 0.2) is 0 Å². The monoisotopic (exact) mass is 297 g/mol. The van der Waals surface area contributed by atoms with Crippen LogP contribution < -0.4 is 16.3 Å². The number of anilines is 1. The smallest absolute Gasteiger partial charge is 0.214 e. The molecule has 1 atom stereocenters. The molecular formula is C13H11N7S. The van der Waals surface area contributed by atoms with Crippen molar-refractivity contribution in [3.63, 3.8) is 0 Å². The van der Waals surface area contributed by atoms with Crippen LogP contribution in [-0.4, -0.2) is 16.3 Å². The number of nitrogens with zero attached hydrogens (tertiary/aromatic N) is 4. The van der Waals surface area contributed by atoms with E-state index in [2.05, 4.69) is 54.8 Å². The highest BCUT2D eigenvalue weighted by Crippen LogP contribution is 2.35. The maximum absolute atomic E-state index is 4.33. The quantitative estimate of drug-likeness (QED) is 0.691. The van der Waals surface area contributed by atoms with E-state index in [1.807, 2.05) is 18.2 Å². The van der Waals surface area contributed by atoms with Crippen molar-refractivity contribution in [1.29, 1.82) is 0 Å². The molecule has 21 heavy (non-hydrogen) atoms. The number of hydrazine groups is 1. The first-order chi connectivity index (χ1) is 10.4. The standard InChI is InChI=1S/C13H11N7S/c1-2-4-8(5-3-1)10-6-9-11(21-10)12(15-7-14-9)16-13-17-19-20-18-13/h1-7,13H,(H,17,20)(H,18,19)(H,14,15,16). The highest BCUT2D eigenvalue weighted by Gasteiger charge is 2.15. The highest BCUT2D eigenvalue weighted by molar-refractivity contribution is 7.22. The van der Waals surface area contributed by atoms with E-state index in [1.54, 1.807) is 17.7 Å². The average Bonchev–Trinajstić information content (AvgIpc) is 3.17. The third-order valence-corrected chi connectivity index (χ3v) is 4.25. The molecule has 1 aromatic carbocycles. The van der Waals surface area contributed by atoms with Gasteiger partial charge >= 0.3 is 0 Å². The van der Waals surface area contributed by atoms with E-state index in [0.29, 0.717) is 0 Å². The van der Waals surface area contributed by atoms with Gasteiger partial charge in [-0.2, -0.15) is 5.43 Å². The molecule has 0 radical (unpaired) electrons. The molecule has 0 spiro atoms. The van der Waals surface area contributed by atoms with E-state index in [9.17, 15) is 0 Å². The summed E-state index contributed by atoms with van der Waals surface area (Å²) >= 11 is 1.65. The zero-order valence-corrected chi connectivity index (χ0v) is 11.6. The predicted octanol–water partition coefficient (Wildman–Crippen LogP) is 2.53. The second kappa shape index (κ2) is 5.08. The fraction of sp³-hybridized carbons (Fsp3) is 0.0769. The molecular weight excluding hydrogens is 286 g/mol. The second-order valence-corrected chi connectivity index (χ2v) is 5.48. The summed E-state index contributed by atoms with van der Waals surface area (Å²) in [7, 11) is 0. The molecule has 1 unspecified atom stereocenters. The molecule has 0 amide bonds. The Morgan fingerprint density at radius 1 is 1.14 bits per heavy atom. The Bertz CT molecular complexity index is 799. The molecule has 3 N–H and O–H groups in total. The van der Waals surface area contributed by atoms with Crippen LogP contribution in [0.4, 0.5) is 5.82 Å². The molecule has 0 saturated heterocycles. The van der Waals surface area contributed by atoms with Crippen molar-refractivity contribution < 1.29 is 0 Å². The van der Waals surface area contributed by atoms with Gasteiger partial charge in [-0.1, -0.05) is 35.6 Å². The van der Waals surface area contributed by atoms with Crippen LogP contribution in [0.15, 0.2) is 53.1 Å². The summed E-state index contributed by atoms with van der Waals surface area (Å²) in [5.74, 6) is 0.743. The summed E-state index contributed by atoms with van der Waals surface area (Å²) in [4.78, 5) is 9.79. The molecule has 2 aromatic heterocycles. The predicted molar refractivity (Wildman–Crippen MR) is 81.4 cm³/mol. The van der Waals surface area contributed by atoms with Gasteiger partial charge in [-0.3, -0.25) is 0 Å². The average molecular weight is 297 g/mol. The van der Waals surface area contributed by atoms with Crippen LogP contribution in [0.1, 0.15) is 0 Å². The lowest BCUT2D eigenvalue weighted by Gasteiger charge is -2.09. The summed E-state index contributed by atoms with van der Waals surface area (Å²) in [6.45, 7) is 0. The molecule has 3 aromatic rings. The van der Waals surface area contributed by atoms with Gasteiger partial charge < -0.3 is 5.32 Å². The third kappa shape index (κ3) is 2.30. The SMILES string of the molecule is c1ccc(-c2cc3ncnc(NC4N=NNN4)c3s2)cc1. The van der Waals surface area contributed by atoms with E-state index in [1.165, 1.54) is 5.56 Å². The Morgan fingerprint density at radius 2 is 2.05 bits per heavy atom. The Balaban J connectivity index is 1.75. The lowest BCUT2D eigenvalue weighted by atomic mass is 10.2. The summed E-state index contributed by atoms with van der Waals surface area (Å²) in [6, 6.07) is 12.3. The Hall–Kier alpha value is -2.58. The van der Waals surface area contributed by atoms with Gasteiger partial charge in [0.2, 0.25) is 6.29 Å². The van der Waals surface area contributed by atoms with Gasteiger partial charge in [0, 0.05) is 4.88 Å². The molecule has 0 fully saturated rings. The summed E-state index contributed by atoms with van der Waals surface area (Å²) in [5, 5.41) is 10.8. The third-order valence-electron chi connectivity index (χ3n) is 3.07. The molecule has 1 aliphatic rings. The molecule has 104 valence electrons. The maximum atomic E-state index is 4.33. The summed E-state index contributed by atoms with van der Waals surface area (Å²) in [5.41, 5.74) is 7.52. The number of nitrogens with one attached hydrogen (secondary N) is 3. The van der Waals surface area contributed by atoms with Crippen LogP contribution in [0.2, 0.25) is 0 Å². The maximum Gasteiger partial charge on any atom is 0.214 e. The molecule has 3 heterocycles. The van der Waals surface area contributed by atoms with Crippen LogP contribution in [0, 0.1) is 0 Å². The minimum Gasteiger partial charge on any atom is -0.332 e. The van der Waals surface area contributed by atoms with E-state index in [-0.39, 0.29) is 6.29 Å². The van der Waals surface area contributed by atoms with Crippen molar-refractivity contribution in [2.24, 2.45) is 10.3 Å². The number of thiophene rings is 1. The second-order valence-electron chi connectivity index (χ2n) is 4.43. The number of fused-ring (bicyclic) bond motifs is 1. The van der Waals surface area contributed by atoms with Crippen molar-refractivity contribution in [1.82, 2.24) is 20.9 Å². The molecule has 4 rings (SSSR count). The lowest BCUT2D eigenvalue weighted by molar-refractivity contribution is 0.571. The van der Waals surface area contributed by atoms with Crippen molar-refractivity contribution in [2.75, 3.05) is 5.32 Å². The Morgan fingerprint density at radius 3 is 2.86 bits per heavy atom. The molecule has 7 nitrogen and oxygen atoms in total. The minimum atomic E-state index is -0.328. The molecule has 0 saturated carbocycles. The number of benzene rings is 1. The van der Waals surface area contributed by atoms with Crippen molar-refractivity contribution in [2.45, 2.75) is 6.29 Å². The van der Waals surface area contributed by atoms with E-state index in [0.717, 1.165) is 20.9 Å². The van der Waals surface area contributed by atoms with E-state index >= 15 is 0 Å². The number of hydrogen-bond donors (Lipinski definition) is 3. The fourth-order valence-electron chi connectivity index (χ4n) is 2.10. The van der Waals surface area contributed by atoms with Crippen molar-refractivity contribution >= 4 is 27.4 Å². The van der Waals surface area contributed by atoms with Crippen LogP contribution >= 0.6 is 11.3 Å². The zero-order chi connectivity index (χ0) is 14.1. The van der Waals surface area contributed by atoms with Gasteiger partial charge in [0.25, 0.3) is 0 Å². The molecule has 1 aliphatic heterocycles. The van der Waals surface area contributed by atoms with Crippen molar-refractivity contribution in [3.8, 4) is 10.4 Å². The van der Waals surface area contributed by atoms with Crippen LogP contribution in [0.25, 0.3) is 20.7 Å². The minimum absolute atomic E-state index is 0.328. The summed E-state index contributed by atoms with van der Waals surface area (Å²) in [6.07, 6.45) is 1.22. The van der Waals surface area contributed by atoms with Crippen molar-refractivity contribution in [3.05, 3.63) is 42.7 Å². The lowest BCUT2D eigenvalue weighted by Crippen LogP contribution is -2.36. The molecule has 0 bridgehead atoms. The topological polar surface area (TPSA) is 86.6 Å². The Kier molecular flexibility index (Phi) is 2.94. The normalized spacial score (nSPS) is 17.0. The van der Waals surface area contributed by atoms with E-state index in [4.69, 9.17) is 0 Å². The number of aromatic nitrogens is 2. The first-order valence-electron chi connectivity index (χ1n) is 6.37. The number of hydrogen-bond acceptors (Lipinski definition) is 8. The van der Waals surface area contributed by atoms with Gasteiger partial charge in [-0.15, -0.1) is 16.5 Å². The number of rotatable bonds is 3. The Labute approximate surface area is 124 Å². The van der Waals surface area contributed by atoms with Gasteiger partial charge in [0.05, 0.1) is 10.2 Å². The van der Waals surface area contributed by atoms with E-state index < -0.39 is 0 Å². The van der Waals surface area contributed by atoms with Gasteiger partial charge in [-0.05, 0) is 11.6 Å². The van der Waals surface area contributed by atoms with Crippen LogP contribution in [0.5, 0.6) is 0 Å². The van der Waals surface area contributed by atoms with Gasteiger partial charge in [-0.25, -0.2) is 15.5 Å². The van der Waals surface area contributed by atoms with Crippen LogP contribution in [-0.2, 0) is 0 Å². The van der Waals surface area contributed by atoms with Gasteiger partial charge in [0.1, 0.15) is 12.1 Å². The fourth-order valence-corrected chi connectivity index (χ4v) is 3.17.